The first-order chi connectivity index (χ1) is 29.5. The van der Waals surface area contributed by atoms with E-state index in [0.717, 1.165) is 44.8 Å². The Bertz CT molecular complexity index is 2670. The second-order valence-electron chi connectivity index (χ2n) is 15.1. The quantitative estimate of drug-likeness (QED) is 0.110. The molecular formula is C48H39Cl2N5O6. The third-order valence-corrected chi connectivity index (χ3v) is 11.6. The van der Waals surface area contributed by atoms with Crippen LogP contribution < -0.4 is 20.1 Å². The van der Waals surface area contributed by atoms with Gasteiger partial charge < -0.3 is 25.2 Å². The highest BCUT2D eigenvalue weighted by Gasteiger charge is 2.37. The highest BCUT2D eigenvalue weighted by Crippen LogP contribution is 2.40. The molecule has 2 amide bonds. The summed E-state index contributed by atoms with van der Waals surface area (Å²) in [6.45, 7) is 2.87. The van der Waals surface area contributed by atoms with E-state index in [2.05, 4.69) is 21.7 Å². The van der Waals surface area contributed by atoms with Crippen molar-refractivity contribution in [1.29, 1.82) is 5.26 Å². The maximum atomic E-state index is 14.2. The molecule has 2 aliphatic rings. The Morgan fingerprint density at radius 3 is 2.34 bits per heavy atom. The number of carbonyl (C=O) groups excluding carboxylic acids is 2. The Labute approximate surface area is 362 Å². The molecule has 1 aromatic heterocycles. The van der Waals surface area contributed by atoms with Crippen LogP contribution in [0.3, 0.4) is 0 Å². The standard InChI is InChI=1S/C48H39Cl2N5O6/c1-28-3-2-4-37(52-28)26-55-25-36-23-44-41(53-47(57)45(61-44)34-14-16-38(17-15-34)60-27-31-9-18-39(49)40(50)19-31)21-35(36)22-43(55)46(56)54-42(48(58)59)20-29-5-10-32(11-6-29)33-12-7-30(24-51)8-13-33/h2-19,21,23,42-43,45H,20,22,25-27H2,1H3,(H,53,57)(H,54,56)(H,58,59)/t42-,43?,45?/m0/s1. The maximum absolute atomic E-state index is 14.2. The number of nitrogens with zero attached hydrogens (tertiary/aromatic N) is 3. The molecule has 61 heavy (non-hydrogen) atoms. The molecule has 306 valence electrons. The predicted molar refractivity (Wildman–Crippen MR) is 231 cm³/mol. The first-order valence-corrected chi connectivity index (χ1v) is 20.3. The molecule has 2 aliphatic heterocycles. The van der Waals surface area contributed by atoms with E-state index in [4.69, 9.17) is 37.9 Å². The van der Waals surface area contributed by atoms with Crippen LogP contribution in [0.5, 0.6) is 11.5 Å². The summed E-state index contributed by atoms with van der Waals surface area (Å²) in [6.07, 6.45) is -0.580. The molecule has 3 N–H and O–H groups in total. The minimum atomic E-state index is -1.19. The van der Waals surface area contributed by atoms with E-state index in [1.54, 1.807) is 48.5 Å². The zero-order valence-corrected chi connectivity index (χ0v) is 34.4. The van der Waals surface area contributed by atoms with Crippen molar-refractivity contribution >= 4 is 46.7 Å². The van der Waals surface area contributed by atoms with Gasteiger partial charge in [-0.05, 0) is 107 Å². The molecule has 0 bridgehead atoms. The normalized spacial score (nSPS) is 16.2. The van der Waals surface area contributed by atoms with Gasteiger partial charge in [0.25, 0.3) is 5.91 Å². The molecule has 8 rings (SSSR count). The van der Waals surface area contributed by atoms with Gasteiger partial charge in [0.1, 0.15) is 24.1 Å². The molecule has 0 radical (unpaired) electrons. The monoisotopic (exact) mass is 851 g/mol. The molecule has 3 heterocycles. The predicted octanol–water partition coefficient (Wildman–Crippen LogP) is 8.63. The smallest absolute Gasteiger partial charge is 0.326 e. The molecule has 0 fully saturated rings. The molecule has 5 aromatic carbocycles. The van der Waals surface area contributed by atoms with Gasteiger partial charge in [0.2, 0.25) is 12.0 Å². The van der Waals surface area contributed by atoms with Gasteiger partial charge in [0, 0.05) is 30.8 Å². The van der Waals surface area contributed by atoms with Crippen LogP contribution in [0.4, 0.5) is 5.69 Å². The third-order valence-electron chi connectivity index (χ3n) is 10.8. The Morgan fingerprint density at radius 1 is 0.934 bits per heavy atom. The van der Waals surface area contributed by atoms with E-state index in [0.29, 0.717) is 51.4 Å². The average molecular weight is 853 g/mol. The number of nitriles is 1. The van der Waals surface area contributed by atoms with Crippen LogP contribution in [0.1, 0.15) is 50.9 Å². The number of pyridine rings is 1. The van der Waals surface area contributed by atoms with Gasteiger partial charge in [-0.3, -0.25) is 19.5 Å². The molecule has 0 saturated heterocycles. The van der Waals surface area contributed by atoms with Crippen molar-refractivity contribution in [3.63, 3.8) is 0 Å². The lowest BCUT2D eigenvalue weighted by atomic mass is 9.91. The van der Waals surface area contributed by atoms with Gasteiger partial charge in [-0.1, -0.05) is 83.9 Å². The van der Waals surface area contributed by atoms with Crippen LogP contribution in [0, 0.1) is 18.3 Å². The fourth-order valence-corrected chi connectivity index (χ4v) is 7.91. The molecule has 0 aliphatic carbocycles. The van der Waals surface area contributed by atoms with Crippen LogP contribution in [0.2, 0.25) is 10.0 Å². The summed E-state index contributed by atoms with van der Waals surface area (Å²) in [5.74, 6) is -0.824. The van der Waals surface area contributed by atoms with Crippen LogP contribution >= 0.6 is 23.2 Å². The summed E-state index contributed by atoms with van der Waals surface area (Å²) >= 11 is 12.2. The van der Waals surface area contributed by atoms with E-state index >= 15 is 0 Å². The molecule has 0 saturated carbocycles. The summed E-state index contributed by atoms with van der Waals surface area (Å²) < 4.78 is 12.3. The van der Waals surface area contributed by atoms with Crippen molar-refractivity contribution in [2.45, 2.75) is 57.6 Å². The van der Waals surface area contributed by atoms with Crippen molar-refractivity contribution in [3.8, 4) is 28.7 Å². The fraction of sp³-hybridized carbons (Fsp3) is 0.188. The first kappa shape index (κ1) is 41.0. The molecule has 13 heteroatoms. The highest BCUT2D eigenvalue weighted by atomic mass is 35.5. The zero-order chi connectivity index (χ0) is 42.6. The number of hydrogen-bond acceptors (Lipinski definition) is 8. The fourth-order valence-electron chi connectivity index (χ4n) is 7.59. The van der Waals surface area contributed by atoms with Crippen molar-refractivity contribution in [1.82, 2.24) is 15.2 Å². The third kappa shape index (κ3) is 9.53. The minimum absolute atomic E-state index is 0.0734. The van der Waals surface area contributed by atoms with Gasteiger partial charge in [-0.2, -0.15) is 5.26 Å². The number of aromatic nitrogens is 1. The maximum Gasteiger partial charge on any atom is 0.326 e. The summed E-state index contributed by atoms with van der Waals surface area (Å²) in [6, 6.07) is 36.8. The largest absolute Gasteiger partial charge is 0.489 e. The second-order valence-corrected chi connectivity index (χ2v) is 15.9. The topological polar surface area (TPSA) is 154 Å². The zero-order valence-electron chi connectivity index (χ0n) is 32.9. The Kier molecular flexibility index (Phi) is 12.0. The number of halogens is 2. The first-order valence-electron chi connectivity index (χ1n) is 19.6. The molecule has 11 nitrogen and oxygen atoms in total. The highest BCUT2D eigenvalue weighted by molar-refractivity contribution is 6.42. The number of aryl methyl sites for hydroxylation is 1. The number of amides is 2. The summed E-state index contributed by atoms with van der Waals surface area (Å²) in [7, 11) is 0. The van der Waals surface area contributed by atoms with E-state index < -0.39 is 30.1 Å². The summed E-state index contributed by atoms with van der Waals surface area (Å²) in [5.41, 5.74) is 8.49. The van der Waals surface area contributed by atoms with Crippen LogP contribution in [0.25, 0.3) is 11.1 Å². The summed E-state index contributed by atoms with van der Waals surface area (Å²) in [5, 5.41) is 26.1. The van der Waals surface area contributed by atoms with Crippen molar-refractivity contribution in [3.05, 3.63) is 176 Å². The van der Waals surface area contributed by atoms with Gasteiger partial charge in [-0.25, -0.2) is 4.79 Å². The van der Waals surface area contributed by atoms with E-state index in [1.807, 2.05) is 84.6 Å². The number of anilines is 1. The number of ether oxygens (including phenoxy) is 2. The number of carbonyl (C=O) groups is 3. The van der Waals surface area contributed by atoms with Crippen LogP contribution in [-0.2, 0) is 46.9 Å². The lowest BCUT2D eigenvalue weighted by Crippen LogP contribution is -2.54. The van der Waals surface area contributed by atoms with Crippen LogP contribution in [-0.4, -0.2) is 44.9 Å². The van der Waals surface area contributed by atoms with Crippen molar-refractivity contribution in [2.24, 2.45) is 0 Å². The second kappa shape index (κ2) is 17.9. The van der Waals surface area contributed by atoms with Gasteiger partial charge >= 0.3 is 5.97 Å². The lowest BCUT2D eigenvalue weighted by molar-refractivity contribution is -0.142. The SMILES string of the molecule is Cc1cccc(CN2Cc3cc4c(cc3CC2C(=O)N[C@@H](Cc2ccc(-c3ccc(C#N)cc3)cc2)C(=O)O)NC(=O)C(c2ccc(OCc3ccc(Cl)c(Cl)c3)cc2)O4)n1. The molecule has 2 unspecified atom stereocenters. The average Bonchev–Trinajstić information content (AvgIpc) is 3.26. The number of hydrogen-bond donors (Lipinski definition) is 3. The number of carboxylic acids is 1. The number of carboxylic acid groups (broad SMARTS) is 1. The number of rotatable bonds is 12. The van der Waals surface area contributed by atoms with E-state index in [1.165, 1.54) is 0 Å². The molecule has 3 atom stereocenters. The lowest BCUT2D eigenvalue weighted by Gasteiger charge is -2.37. The molecule has 6 aromatic rings. The minimum Gasteiger partial charge on any atom is -0.489 e. The Morgan fingerprint density at radius 2 is 1.66 bits per heavy atom. The van der Waals surface area contributed by atoms with Crippen LogP contribution in [0.15, 0.2) is 121 Å². The number of nitrogens with one attached hydrogen (secondary N) is 2. The van der Waals surface area contributed by atoms with Gasteiger partial charge in [-0.15, -0.1) is 0 Å². The van der Waals surface area contributed by atoms with Crippen molar-refractivity contribution < 1.29 is 29.0 Å². The Balaban J connectivity index is 0.982. The van der Waals surface area contributed by atoms with E-state index in [-0.39, 0.29) is 25.4 Å². The number of benzene rings is 5. The molecular weight excluding hydrogens is 813 g/mol. The van der Waals surface area contributed by atoms with E-state index in [9.17, 15) is 19.5 Å². The number of fused-ring (bicyclic) bond motifs is 2. The molecule has 0 spiro atoms. The van der Waals surface area contributed by atoms with Crippen molar-refractivity contribution in [2.75, 3.05) is 5.32 Å². The Hall–Kier alpha value is -6.71. The number of aliphatic carboxylic acids is 1. The summed E-state index contributed by atoms with van der Waals surface area (Å²) in [4.78, 5) is 46.9. The van der Waals surface area contributed by atoms with Gasteiger partial charge in [0.15, 0.2) is 0 Å². The van der Waals surface area contributed by atoms with Gasteiger partial charge in [0.05, 0.1) is 39.1 Å².